The van der Waals surface area contributed by atoms with Gasteiger partial charge in [0.05, 0.1) is 9.82 Å². The third-order valence-electron chi connectivity index (χ3n) is 4.06. The van der Waals surface area contributed by atoms with Gasteiger partial charge in [0, 0.05) is 47.0 Å². The zero-order valence-electron chi connectivity index (χ0n) is 15.9. The zero-order chi connectivity index (χ0) is 22.1. The fourth-order valence-corrected chi connectivity index (χ4v) is 3.37. The fourth-order valence-electron chi connectivity index (χ4n) is 2.70. The number of anilines is 1. The minimum absolute atomic E-state index is 0.183. The summed E-state index contributed by atoms with van der Waals surface area (Å²) in [6.07, 6.45) is 0.896. The normalized spacial score (nSPS) is 11.1. The number of nitro groups is 1. The van der Waals surface area contributed by atoms with E-state index in [4.69, 9.17) is 0 Å². The summed E-state index contributed by atoms with van der Waals surface area (Å²) in [5, 5.41) is 13.7. The number of hydrogen-bond acceptors (Lipinski definition) is 7. The largest absolute Gasteiger partial charge is 0.322 e. The van der Waals surface area contributed by atoms with Gasteiger partial charge in [-0.2, -0.15) is 0 Å². The summed E-state index contributed by atoms with van der Waals surface area (Å²) < 4.78 is 23.6. The number of amides is 1. The third kappa shape index (κ3) is 4.75. The molecule has 0 bridgehead atoms. The molecule has 0 radical (unpaired) electrons. The van der Waals surface area contributed by atoms with Gasteiger partial charge in [0.2, 0.25) is 0 Å². The molecule has 3 rings (SSSR count). The lowest BCUT2D eigenvalue weighted by Crippen LogP contribution is -2.14. The standard InChI is InChI=1S/C19H16N4O6S/c1-11-6-17(24)22-18(20-11)12-4-3-5-14(7-12)21-19(25)13-8-15(23(26)27)10-16(9-13)30(2,28)29/h3-10H,1-2H3,(H,21,25)(H,20,22,24). The molecule has 0 saturated carbocycles. The maximum atomic E-state index is 12.6. The van der Waals surface area contributed by atoms with E-state index in [9.17, 15) is 28.1 Å². The monoisotopic (exact) mass is 428 g/mol. The lowest BCUT2D eigenvalue weighted by atomic mass is 10.1. The molecule has 0 spiro atoms. The summed E-state index contributed by atoms with van der Waals surface area (Å²) in [6, 6.07) is 10.7. The smallest absolute Gasteiger partial charge is 0.271 e. The Morgan fingerprint density at radius 3 is 2.53 bits per heavy atom. The van der Waals surface area contributed by atoms with Crippen molar-refractivity contribution < 1.29 is 18.1 Å². The summed E-state index contributed by atoms with van der Waals surface area (Å²) >= 11 is 0. The first-order valence-corrected chi connectivity index (χ1v) is 10.4. The number of nitrogens with zero attached hydrogens (tertiary/aromatic N) is 2. The van der Waals surface area contributed by atoms with Crippen LogP contribution in [0.4, 0.5) is 11.4 Å². The van der Waals surface area contributed by atoms with Crippen molar-refractivity contribution in [2.24, 2.45) is 0 Å². The average molecular weight is 428 g/mol. The number of nitrogens with one attached hydrogen (secondary N) is 2. The molecule has 0 aliphatic heterocycles. The predicted octanol–water partition coefficient (Wildman–Crippen LogP) is 2.31. The topological polar surface area (TPSA) is 152 Å². The molecule has 30 heavy (non-hydrogen) atoms. The molecule has 0 fully saturated rings. The van der Waals surface area contributed by atoms with Crippen LogP contribution in [0, 0.1) is 17.0 Å². The number of carbonyl (C=O) groups is 1. The van der Waals surface area contributed by atoms with Crippen LogP contribution < -0.4 is 10.9 Å². The van der Waals surface area contributed by atoms with E-state index in [-0.39, 0.29) is 16.0 Å². The summed E-state index contributed by atoms with van der Waals surface area (Å²) in [5.74, 6) is -0.419. The van der Waals surface area contributed by atoms with Crippen molar-refractivity contribution >= 4 is 27.1 Å². The molecule has 11 heteroatoms. The highest BCUT2D eigenvalue weighted by Gasteiger charge is 2.19. The molecule has 2 N–H and O–H groups in total. The van der Waals surface area contributed by atoms with E-state index < -0.39 is 26.4 Å². The van der Waals surface area contributed by atoms with Gasteiger partial charge < -0.3 is 10.3 Å². The first kappa shape index (κ1) is 20.9. The highest BCUT2D eigenvalue weighted by Crippen LogP contribution is 2.23. The lowest BCUT2D eigenvalue weighted by Gasteiger charge is -2.09. The molecule has 0 saturated heterocycles. The van der Waals surface area contributed by atoms with Crippen molar-refractivity contribution in [2.45, 2.75) is 11.8 Å². The number of aromatic amines is 1. The molecule has 1 amide bonds. The Bertz CT molecular complexity index is 1330. The summed E-state index contributed by atoms with van der Waals surface area (Å²) in [6.45, 7) is 1.67. The van der Waals surface area contributed by atoms with Crippen LogP contribution in [-0.4, -0.2) is 35.5 Å². The molecule has 0 atom stereocenters. The van der Waals surface area contributed by atoms with Crippen LogP contribution >= 0.6 is 0 Å². The van der Waals surface area contributed by atoms with Gasteiger partial charge in [0.25, 0.3) is 17.2 Å². The van der Waals surface area contributed by atoms with Crippen molar-refractivity contribution in [2.75, 3.05) is 11.6 Å². The molecule has 1 heterocycles. The molecular formula is C19H16N4O6S. The average Bonchev–Trinajstić information content (AvgIpc) is 2.66. The second-order valence-corrected chi connectivity index (χ2v) is 8.53. The number of non-ortho nitro benzene ring substituents is 1. The molecule has 0 unspecified atom stereocenters. The molecule has 0 aliphatic rings. The second-order valence-electron chi connectivity index (χ2n) is 6.52. The van der Waals surface area contributed by atoms with E-state index in [1.165, 1.54) is 6.07 Å². The van der Waals surface area contributed by atoms with Gasteiger partial charge >= 0.3 is 0 Å². The zero-order valence-corrected chi connectivity index (χ0v) is 16.7. The van der Waals surface area contributed by atoms with E-state index >= 15 is 0 Å². The molecule has 2 aromatic carbocycles. The Kier molecular flexibility index (Phi) is 5.47. The van der Waals surface area contributed by atoms with Crippen LogP contribution in [0.1, 0.15) is 16.1 Å². The Labute approximate surface area is 170 Å². The van der Waals surface area contributed by atoms with Crippen molar-refractivity contribution in [3.05, 3.63) is 80.3 Å². The third-order valence-corrected chi connectivity index (χ3v) is 5.15. The Hall–Kier alpha value is -3.86. The van der Waals surface area contributed by atoms with Gasteiger partial charge in [-0.25, -0.2) is 13.4 Å². The summed E-state index contributed by atoms with van der Waals surface area (Å²) in [7, 11) is -3.77. The minimum atomic E-state index is -3.77. The highest BCUT2D eigenvalue weighted by atomic mass is 32.2. The van der Waals surface area contributed by atoms with Crippen molar-refractivity contribution in [3.63, 3.8) is 0 Å². The number of nitro benzene ring substituents is 1. The number of rotatable bonds is 5. The number of benzene rings is 2. The van der Waals surface area contributed by atoms with Crippen LogP contribution in [-0.2, 0) is 9.84 Å². The van der Waals surface area contributed by atoms with Gasteiger partial charge in [0.15, 0.2) is 9.84 Å². The number of hydrogen-bond donors (Lipinski definition) is 2. The molecule has 3 aromatic rings. The molecule has 0 aliphatic carbocycles. The quantitative estimate of drug-likeness (QED) is 0.467. The van der Waals surface area contributed by atoms with Gasteiger partial charge in [-0.15, -0.1) is 0 Å². The highest BCUT2D eigenvalue weighted by molar-refractivity contribution is 7.90. The van der Waals surface area contributed by atoms with E-state index in [1.54, 1.807) is 31.2 Å². The number of H-pyrrole nitrogens is 1. The van der Waals surface area contributed by atoms with Crippen molar-refractivity contribution in [1.29, 1.82) is 0 Å². The number of carbonyl (C=O) groups excluding carboxylic acids is 1. The Morgan fingerprint density at radius 1 is 1.17 bits per heavy atom. The maximum absolute atomic E-state index is 12.6. The van der Waals surface area contributed by atoms with Crippen molar-refractivity contribution in [3.8, 4) is 11.4 Å². The van der Waals surface area contributed by atoms with Crippen molar-refractivity contribution in [1.82, 2.24) is 9.97 Å². The van der Waals surface area contributed by atoms with E-state index in [1.807, 2.05) is 0 Å². The molecule has 154 valence electrons. The molecule has 1 aromatic heterocycles. The molecule has 10 nitrogen and oxygen atoms in total. The number of aromatic nitrogens is 2. The Balaban J connectivity index is 1.96. The van der Waals surface area contributed by atoms with E-state index in [2.05, 4.69) is 15.3 Å². The van der Waals surface area contributed by atoms with Gasteiger partial charge in [-0.1, -0.05) is 12.1 Å². The Morgan fingerprint density at radius 2 is 1.90 bits per heavy atom. The van der Waals surface area contributed by atoms with Gasteiger partial charge in [0.1, 0.15) is 5.82 Å². The fraction of sp³-hybridized carbons (Fsp3) is 0.105. The van der Waals surface area contributed by atoms with Gasteiger partial charge in [-0.05, 0) is 25.1 Å². The van der Waals surface area contributed by atoms with E-state index in [0.717, 1.165) is 24.5 Å². The minimum Gasteiger partial charge on any atom is -0.322 e. The summed E-state index contributed by atoms with van der Waals surface area (Å²) in [4.78, 5) is 41.1. The first-order chi connectivity index (χ1) is 14.0. The van der Waals surface area contributed by atoms with E-state index in [0.29, 0.717) is 22.8 Å². The van der Waals surface area contributed by atoms with Crippen LogP contribution in [0.15, 0.2) is 58.2 Å². The second kappa shape index (κ2) is 7.87. The lowest BCUT2D eigenvalue weighted by molar-refractivity contribution is -0.385. The SMILES string of the molecule is Cc1cc(=O)[nH]c(-c2cccc(NC(=O)c3cc([N+](=O)[O-])cc(S(C)(=O)=O)c3)c2)n1. The first-order valence-electron chi connectivity index (χ1n) is 8.52. The van der Waals surface area contributed by atoms with Crippen LogP contribution in [0.2, 0.25) is 0 Å². The van der Waals surface area contributed by atoms with Gasteiger partial charge in [-0.3, -0.25) is 19.7 Å². The maximum Gasteiger partial charge on any atom is 0.271 e. The number of aryl methyl sites for hydroxylation is 1. The van der Waals surface area contributed by atoms with Crippen LogP contribution in [0.3, 0.4) is 0 Å². The number of sulfone groups is 1. The van der Waals surface area contributed by atoms with Crippen LogP contribution in [0.25, 0.3) is 11.4 Å². The molecular weight excluding hydrogens is 412 g/mol. The predicted molar refractivity (Wildman–Crippen MR) is 109 cm³/mol. The summed E-state index contributed by atoms with van der Waals surface area (Å²) in [5.41, 5.74) is 0.360. The van der Waals surface area contributed by atoms with Crippen LogP contribution in [0.5, 0.6) is 0 Å².